The summed E-state index contributed by atoms with van der Waals surface area (Å²) in [4.78, 5) is 0. The molecule has 3 heteroatoms. The third kappa shape index (κ3) is 4.53. The van der Waals surface area contributed by atoms with Gasteiger partial charge in [0, 0.05) is 10.5 Å². The largest absolute Gasteiger partial charge is 0.381 e. The van der Waals surface area contributed by atoms with Crippen molar-refractivity contribution < 1.29 is 0 Å². The van der Waals surface area contributed by atoms with Crippen molar-refractivity contribution in [3.05, 3.63) is 63.1 Å². The minimum Gasteiger partial charge on any atom is -0.381 e. The Hall–Kier alpha value is -0.990. The third-order valence-corrected chi connectivity index (χ3v) is 4.09. The third-order valence-electron chi connectivity index (χ3n) is 3.28. The molecule has 0 bridgehead atoms. The van der Waals surface area contributed by atoms with E-state index in [2.05, 4.69) is 59.4 Å². The highest BCUT2D eigenvalue weighted by Gasteiger charge is 2.06. The van der Waals surface area contributed by atoms with E-state index in [1.54, 1.807) is 0 Å². The quantitative estimate of drug-likeness (QED) is 0.712. The van der Waals surface area contributed by atoms with E-state index in [1.165, 1.54) is 11.1 Å². The minimum atomic E-state index is 0.384. The van der Waals surface area contributed by atoms with Gasteiger partial charge in [-0.2, -0.15) is 0 Å². The van der Waals surface area contributed by atoms with Crippen LogP contribution in [0.2, 0.25) is 5.02 Å². The molecule has 20 heavy (non-hydrogen) atoms. The predicted molar refractivity (Wildman–Crippen MR) is 91.7 cm³/mol. The molecule has 0 aromatic heterocycles. The lowest BCUT2D eigenvalue weighted by Gasteiger charge is -2.16. The molecule has 0 fully saturated rings. The van der Waals surface area contributed by atoms with Crippen LogP contribution < -0.4 is 5.32 Å². The monoisotopic (exact) mass is 351 g/mol. The number of rotatable bonds is 5. The summed E-state index contributed by atoms with van der Waals surface area (Å²) < 4.78 is 1.00. The smallest absolute Gasteiger partial charge is 0.0648 e. The summed E-state index contributed by atoms with van der Waals surface area (Å²) in [6, 6.07) is 15.0. The van der Waals surface area contributed by atoms with Crippen molar-refractivity contribution >= 4 is 33.2 Å². The summed E-state index contributed by atoms with van der Waals surface area (Å²) in [7, 11) is 0. The summed E-state index contributed by atoms with van der Waals surface area (Å²) in [6.45, 7) is 4.32. The zero-order valence-electron chi connectivity index (χ0n) is 11.8. The van der Waals surface area contributed by atoms with Gasteiger partial charge in [0.05, 0.1) is 10.7 Å². The summed E-state index contributed by atoms with van der Waals surface area (Å²) in [5, 5.41) is 4.22. The highest BCUT2D eigenvalue weighted by molar-refractivity contribution is 9.10. The Balaban J connectivity index is 1.90. The van der Waals surface area contributed by atoms with Crippen LogP contribution in [-0.4, -0.2) is 6.04 Å². The summed E-state index contributed by atoms with van der Waals surface area (Å²) in [6.07, 6.45) is 2.15. The highest BCUT2D eigenvalue weighted by atomic mass is 79.9. The van der Waals surface area contributed by atoms with Crippen molar-refractivity contribution in [3.63, 3.8) is 0 Å². The Morgan fingerprint density at radius 2 is 2.00 bits per heavy atom. The second-order valence-corrected chi connectivity index (χ2v) is 6.52. The lowest BCUT2D eigenvalue weighted by molar-refractivity contribution is 0.706. The van der Waals surface area contributed by atoms with E-state index < -0.39 is 0 Å². The zero-order chi connectivity index (χ0) is 14.5. The van der Waals surface area contributed by atoms with E-state index in [0.29, 0.717) is 6.04 Å². The van der Waals surface area contributed by atoms with Crippen LogP contribution in [-0.2, 0) is 6.42 Å². The molecule has 1 N–H and O–H groups in total. The summed E-state index contributed by atoms with van der Waals surface area (Å²) >= 11 is 9.64. The van der Waals surface area contributed by atoms with Crippen LogP contribution in [0, 0.1) is 6.92 Å². The van der Waals surface area contributed by atoms with Gasteiger partial charge in [-0.15, -0.1) is 0 Å². The number of nitrogens with one attached hydrogen (secondary N) is 1. The van der Waals surface area contributed by atoms with Crippen molar-refractivity contribution in [2.75, 3.05) is 5.32 Å². The first-order valence-corrected chi connectivity index (χ1v) is 7.99. The lowest BCUT2D eigenvalue weighted by atomic mass is 10.0. The summed E-state index contributed by atoms with van der Waals surface area (Å²) in [5.41, 5.74) is 3.70. The molecule has 0 amide bonds. The maximum Gasteiger partial charge on any atom is 0.0648 e. The average Bonchev–Trinajstić information content (AvgIpc) is 2.40. The number of hydrogen-bond acceptors (Lipinski definition) is 1. The van der Waals surface area contributed by atoms with Crippen molar-refractivity contribution in [2.45, 2.75) is 32.7 Å². The lowest BCUT2D eigenvalue weighted by Crippen LogP contribution is -2.16. The van der Waals surface area contributed by atoms with Gasteiger partial charge in [-0.1, -0.05) is 57.4 Å². The van der Waals surface area contributed by atoms with E-state index in [9.17, 15) is 0 Å². The van der Waals surface area contributed by atoms with Gasteiger partial charge in [0.1, 0.15) is 0 Å². The number of hydrogen-bond donors (Lipinski definition) is 1. The molecule has 0 spiro atoms. The summed E-state index contributed by atoms with van der Waals surface area (Å²) in [5.74, 6) is 0. The van der Waals surface area contributed by atoms with Crippen LogP contribution in [0.5, 0.6) is 0 Å². The molecule has 0 heterocycles. The first-order valence-electron chi connectivity index (χ1n) is 6.82. The number of anilines is 1. The van der Waals surface area contributed by atoms with Gasteiger partial charge in [0.15, 0.2) is 0 Å². The molecule has 1 unspecified atom stereocenters. The van der Waals surface area contributed by atoms with Crippen LogP contribution in [0.15, 0.2) is 46.9 Å². The fourth-order valence-electron chi connectivity index (χ4n) is 2.19. The predicted octanol–water partition coefficient (Wildman–Crippen LogP) is 5.84. The Labute approximate surface area is 134 Å². The zero-order valence-corrected chi connectivity index (χ0v) is 14.1. The number of halogens is 2. The Kier molecular flexibility index (Phi) is 5.50. The van der Waals surface area contributed by atoms with Gasteiger partial charge in [-0.25, -0.2) is 0 Å². The maximum absolute atomic E-state index is 6.22. The molecular formula is C17H19BrClN. The molecule has 106 valence electrons. The van der Waals surface area contributed by atoms with Gasteiger partial charge in [-0.05, 0) is 50.5 Å². The minimum absolute atomic E-state index is 0.384. The van der Waals surface area contributed by atoms with Crippen LogP contribution in [0.4, 0.5) is 5.69 Å². The molecule has 0 saturated heterocycles. The van der Waals surface area contributed by atoms with E-state index in [4.69, 9.17) is 11.6 Å². The first-order chi connectivity index (χ1) is 9.54. The number of aryl methyl sites for hydroxylation is 2. The molecule has 0 aliphatic heterocycles. The first kappa shape index (κ1) is 15.4. The van der Waals surface area contributed by atoms with Crippen molar-refractivity contribution in [1.82, 2.24) is 0 Å². The van der Waals surface area contributed by atoms with Gasteiger partial charge in [0.25, 0.3) is 0 Å². The molecule has 0 saturated carbocycles. The molecule has 1 nitrogen and oxygen atoms in total. The average molecular weight is 353 g/mol. The van der Waals surface area contributed by atoms with E-state index in [-0.39, 0.29) is 0 Å². The normalized spacial score (nSPS) is 12.2. The second kappa shape index (κ2) is 7.14. The van der Waals surface area contributed by atoms with Gasteiger partial charge in [0.2, 0.25) is 0 Å². The topological polar surface area (TPSA) is 12.0 Å². The Morgan fingerprint density at radius 3 is 2.70 bits per heavy atom. The van der Waals surface area contributed by atoms with Gasteiger partial charge < -0.3 is 5.32 Å². The van der Waals surface area contributed by atoms with Crippen LogP contribution >= 0.6 is 27.5 Å². The fraction of sp³-hybridized carbons (Fsp3) is 0.294. The molecule has 2 aromatic rings. The van der Waals surface area contributed by atoms with Crippen molar-refractivity contribution in [2.24, 2.45) is 0 Å². The van der Waals surface area contributed by atoms with Gasteiger partial charge >= 0.3 is 0 Å². The van der Waals surface area contributed by atoms with Gasteiger partial charge in [-0.3, -0.25) is 0 Å². The maximum atomic E-state index is 6.22. The molecule has 0 aliphatic rings. The SMILES string of the molecule is Cc1cccc(CCC(C)Nc2ccc(Br)cc2Cl)c1. The highest BCUT2D eigenvalue weighted by Crippen LogP contribution is 2.26. The number of benzene rings is 2. The Morgan fingerprint density at radius 1 is 1.20 bits per heavy atom. The molecule has 1 atom stereocenters. The molecule has 2 rings (SSSR count). The van der Waals surface area contributed by atoms with Crippen LogP contribution in [0.1, 0.15) is 24.5 Å². The molecule has 2 aromatic carbocycles. The standard InChI is InChI=1S/C17H19BrClN/c1-12-4-3-5-14(10-12)7-6-13(2)20-17-9-8-15(18)11-16(17)19/h3-5,8-11,13,20H,6-7H2,1-2H3. The van der Waals surface area contributed by atoms with Crippen LogP contribution in [0.25, 0.3) is 0 Å². The molecule has 0 aliphatic carbocycles. The Bertz CT molecular complexity index is 583. The van der Waals surface area contributed by atoms with Crippen LogP contribution in [0.3, 0.4) is 0 Å². The second-order valence-electron chi connectivity index (χ2n) is 5.20. The van der Waals surface area contributed by atoms with E-state index >= 15 is 0 Å². The van der Waals surface area contributed by atoms with Crippen molar-refractivity contribution in [3.8, 4) is 0 Å². The van der Waals surface area contributed by atoms with E-state index in [1.807, 2.05) is 18.2 Å². The molecular weight excluding hydrogens is 334 g/mol. The van der Waals surface area contributed by atoms with E-state index in [0.717, 1.165) is 28.0 Å². The fourth-order valence-corrected chi connectivity index (χ4v) is 2.92. The molecule has 0 radical (unpaired) electrons. The van der Waals surface area contributed by atoms with Crippen molar-refractivity contribution in [1.29, 1.82) is 0 Å².